The van der Waals surface area contributed by atoms with Gasteiger partial charge in [-0.25, -0.2) is 4.39 Å². The van der Waals surface area contributed by atoms with Crippen molar-refractivity contribution < 1.29 is 18.4 Å². The standard InChI is InChI=1S/C17H17FN2O3/c1-10-2-4-12(23-10)6-7-19-17(22)14-9-16(21)20-15-5-3-11(18)8-13(14)15/h2-5,8,14H,6-7,9H2,1H3,(H,19,22)(H,20,21)/t14-/m0/s1. The van der Waals surface area contributed by atoms with Crippen molar-refractivity contribution in [3.05, 3.63) is 53.2 Å². The van der Waals surface area contributed by atoms with E-state index < -0.39 is 11.7 Å². The number of hydrogen-bond acceptors (Lipinski definition) is 3. The molecule has 2 heterocycles. The van der Waals surface area contributed by atoms with Crippen LogP contribution in [0.25, 0.3) is 0 Å². The monoisotopic (exact) mass is 316 g/mol. The molecule has 1 aliphatic rings. The highest BCUT2D eigenvalue weighted by Gasteiger charge is 2.30. The number of fused-ring (bicyclic) bond motifs is 1. The molecule has 0 bridgehead atoms. The second-order valence-electron chi connectivity index (χ2n) is 5.59. The molecule has 0 saturated carbocycles. The first-order valence-electron chi connectivity index (χ1n) is 7.45. The summed E-state index contributed by atoms with van der Waals surface area (Å²) >= 11 is 0. The number of amides is 2. The first-order valence-corrected chi connectivity index (χ1v) is 7.45. The fourth-order valence-corrected chi connectivity index (χ4v) is 2.72. The molecule has 1 atom stereocenters. The molecule has 2 aromatic rings. The van der Waals surface area contributed by atoms with Crippen LogP contribution in [-0.4, -0.2) is 18.4 Å². The van der Waals surface area contributed by atoms with Gasteiger partial charge in [0, 0.05) is 25.1 Å². The maximum atomic E-state index is 13.4. The van der Waals surface area contributed by atoms with Crippen LogP contribution in [0, 0.1) is 12.7 Å². The Hall–Kier alpha value is -2.63. The normalized spacial score (nSPS) is 16.6. The summed E-state index contributed by atoms with van der Waals surface area (Å²) in [5.74, 6) is -0.0206. The van der Waals surface area contributed by atoms with Crippen molar-refractivity contribution in [2.24, 2.45) is 0 Å². The first-order chi connectivity index (χ1) is 11.0. The molecule has 5 nitrogen and oxygen atoms in total. The second kappa shape index (κ2) is 6.24. The van der Waals surface area contributed by atoms with E-state index in [1.165, 1.54) is 18.2 Å². The van der Waals surface area contributed by atoms with Crippen LogP contribution in [-0.2, 0) is 16.0 Å². The van der Waals surface area contributed by atoms with E-state index in [0.717, 1.165) is 11.5 Å². The van der Waals surface area contributed by atoms with E-state index in [1.54, 1.807) is 0 Å². The quantitative estimate of drug-likeness (QED) is 0.910. The molecule has 120 valence electrons. The smallest absolute Gasteiger partial charge is 0.228 e. The van der Waals surface area contributed by atoms with Gasteiger partial charge in [0.25, 0.3) is 0 Å². The Morgan fingerprint density at radius 2 is 2.22 bits per heavy atom. The topological polar surface area (TPSA) is 71.3 Å². The molecule has 1 aromatic carbocycles. The number of hydrogen-bond donors (Lipinski definition) is 2. The highest BCUT2D eigenvalue weighted by Crippen LogP contribution is 2.32. The van der Waals surface area contributed by atoms with Gasteiger partial charge in [-0.2, -0.15) is 0 Å². The molecule has 1 aliphatic heterocycles. The number of nitrogens with one attached hydrogen (secondary N) is 2. The van der Waals surface area contributed by atoms with Gasteiger partial charge in [-0.05, 0) is 42.8 Å². The van der Waals surface area contributed by atoms with Crippen molar-refractivity contribution in [1.29, 1.82) is 0 Å². The Kier molecular flexibility index (Phi) is 4.14. The van der Waals surface area contributed by atoms with E-state index in [4.69, 9.17) is 4.42 Å². The Bertz CT molecular complexity index is 754. The average molecular weight is 316 g/mol. The number of halogens is 1. The minimum absolute atomic E-state index is 0.0160. The summed E-state index contributed by atoms with van der Waals surface area (Å²) in [6.07, 6.45) is 0.580. The van der Waals surface area contributed by atoms with Gasteiger partial charge in [0.2, 0.25) is 11.8 Å². The van der Waals surface area contributed by atoms with Crippen LogP contribution in [0.1, 0.15) is 29.4 Å². The lowest BCUT2D eigenvalue weighted by Crippen LogP contribution is -2.36. The van der Waals surface area contributed by atoms with E-state index in [9.17, 15) is 14.0 Å². The predicted octanol–water partition coefficient (Wildman–Crippen LogP) is 2.51. The van der Waals surface area contributed by atoms with E-state index >= 15 is 0 Å². The predicted molar refractivity (Wildman–Crippen MR) is 82.5 cm³/mol. The van der Waals surface area contributed by atoms with Crippen molar-refractivity contribution in [3.63, 3.8) is 0 Å². The SMILES string of the molecule is Cc1ccc(CCNC(=O)[C@H]2CC(=O)Nc3ccc(F)cc32)o1. The molecule has 0 unspecified atom stereocenters. The van der Waals surface area contributed by atoms with Crippen LogP contribution in [0.3, 0.4) is 0 Å². The zero-order valence-corrected chi connectivity index (χ0v) is 12.7. The van der Waals surface area contributed by atoms with Crippen molar-refractivity contribution in [1.82, 2.24) is 5.32 Å². The molecule has 1 aromatic heterocycles. The number of anilines is 1. The third-order valence-electron chi connectivity index (χ3n) is 3.84. The fourth-order valence-electron chi connectivity index (χ4n) is 2.72. The van der Waals surface area contributed by atoms with Crippen LogP contribution in [0.5, 0.6) is 0 Å². The van der Waals surface area contributed by atoms with Gasteiger partial charge in [0.05, 0.1) is 5.92 Å². The lowest BCUT2D eigenvalue weighted by atomic mass is 9.89. The van der Waals surface area contributed by atoms with Crippen molar-refractivity contribution >= 4 is 17.5 Å². The third-order valence-corrected chi connectivity index (χ3v) is 3.84. The van der Waals surface area contributed by atoms with Crippen molar-refractivity contribution in [2.45, 2.75) is 25.7 Å². The number of rotatable bonds is 4. The summed E-state index contributed by atoms with van der Waals surface area (Å²) in [6, 6.07) is 7.77. The van der Waals surface area contributed by atoms with Gasteiger partial charge in [-0.1, -0.05) is 0 Å². The van der Waals surface area contributed by atoms with Crippen LogP contribution in [0.15, 0.2) is 34.7 Å². The molecule has 0 saturated heterocycles. The number of carbonyl (C=O) groups is 2. The molecule has 23 heavy (non-hydrogen) atoms. The second-order valence-corrected chi connectivity index (χ2v) is 5.59. The number of carbonyl (C=O) groups excluding carboxylic acids is 2. The Balaban J connectivity index is 1.67. The Morgan fingerprint density at radius 1 is 1.39 bits per heavy atom. The van der Waals surface area contributed by atoms with Gasteiger partial charge >= 0.3 is 0 Å². The van der Waals surface area contributed by atoms with Gasteiger partial charge < -0.3 is 15.1 Å². The van der Waals surface area contributed by atoms with Crippen LogP contribution in [0.4, 0.5) is 10.1 Å². The summed E-state index contributed by atoms with van der Waals surface area (Å²) in [5.41, 5.74) is 1.00. The summed E-state index contributed by atoms with van der Waals surface area (Å²) in [4.78, 5) is 24.1. The molecular weight excluding hydrogens is 299 g/mol. The van der Waals surface area contributed by atoms with Crippen LogP contribution >= 0.6 is 0 Å². The number of benzene rings is 1. The third kappa shape index (κ3) is 3.41. The summed E-state index contributed by atoms with van der Waals surface area (Å²) in [5, 5.41) is 5.45. The number of furan rings is 1. The largest absolute Gasteiger partial charge is 0.466 e. The van der Waals surface area contributed by atoms with Crippen LogP contribution in [0.2, 0.25) is 0 Å². The molecule has 2 amide bonds. The average Bonchev–Trinajstić information content (AvgIpc) is 2.92. The molecule has 0 fully saturated rings. The summed E-state index contributed by atoms with van der Waals surface area (Å²) in [7, 11) is 0. The maximum absolute atomic E-state index is 13.4. The molecule has 2 N–H and O–H groups in total. The number of aryl methyl sites for hydroxylation is 1. The van der Waals surface area contributed by atoms with E-state index in [0.29, 0.717) is 24.2 Å². The van der Waals surface area contributed by atoms with Gasteiger partial charge in [0.1, 0.15) is 17.3 Å². The van der Waals surface area contributed by atoms with Crippen molar-refractivity contribution in [2.75, 3.05) is 11.9 Å². The Morgan fingerprint density at radius 3 is 2.96 bits per heavy atom. The van der Waals surface area contributed by atoms with E-state index in [2.05, 4.69) is 10.6 Å². The Labute approximate surface area is 132 Å². The van der Waals surface area contributed by atoms with E-state index in [1.807, 2.05) is 19.1 Å². The summed E-state index contributed by atoms with van der Waals surface area (Å²) in [6.45, 7) is 2.25. The van der Waals surface area contributed by atoms with Gasteiger partial charge in [-0.3, -0.25) is 9.59 Å². The summed E-state index contributed by atoms with van der Waals surface area (Å²) < 4.78 is 18.9. The van der Waals surface area contributed by atoms with Gasteiger partial charge in [-0.15, -0.1) is 0 Å². The minimum Gasteiger partial charge on any atom is -0.466 e. The molecule has 3 rings (SSSR count). The molecule has 0 radical (unpaired) electrons. The molecule has 0 spiro atoms. The lowest BCUT2D eigenvalue weighted by Gasteiger charge is -2.24. The maximum Gasteiger partial charge on any atom is 0.228 e. The zero-order chi connectivity index (χ0) is 16.4. The fraction of sp³-hybridized carbons (Fsp3) is 0.294. The first kappa shape index (κ1) is 15.3. The lowest BCUT2D eigenvalue weighted by molar-refractivity contribution is -0.126. The minimum atomic E-state index is -0.673. The van der Waals surface area contributed by atoms with Gasteiger partial charge in [0.15, 0.2) is 0 Å². The van der Waals surface area contributed by atoms with Crippen LogP contribution < -0.4 is 10.6 Å². The van der Waals surface area contributed by atoms with Crippen molar-refractivity contribution in [3.8, 4) is 0 Å². The van der Waals surface area contributed by atoms with E-state index in [-0.39, 0.29) is 18.2 Å². The zero-order valence-electron chi connectivity index (χ0n) is 12.7. The highest BCUT2D eigenvalue weighted by molar-refractivity contribution is 6.01. The highest BCUT2D eigenvalue weighted by atomic mass is 19.1. The molecular formula is C17H17FN2O3. The molecule has 6 heteroatoms. The molecule has 0 aliphatic carbocycles.